The molecule has 0 radical (unpaired) electrons. The van der Waals surface area contributed by atoms with Crippen molar-refractivity contribution in [1.82, 2.24) is 0 Å². The largest absolute Gasteiger partial charge is 0.354 e. The summed E-state index contributed by atoms with van der Waals surface area (Å²) in [6.45, 7) is 2.07. The molecule has 7 heteroatoms. The summed E-state index contributed by atoms with van der Waals surface area (Å²) in [6.07, 6.45) is 2.88. The maximum absolute atomic E-state index is 13.6. The Balaban J connectivity index is 1.66. The minimum absolute atomic E-state index is 0.00895. The summed E-state index contributed by atoms with van der Waals surface area (Å²) >= 11 is 13.4. The highest BCUT2D eigenvalue weighted by Gasteiger charge is 2.52. The van der Waals surface area contributed by atoms with Crippen LogP contribution >= 0.6 is 35.1 Å². The Kier molecular flexibility index (Phi) is 8.30. The van der Waals surface area contributed by atoms with Crippen molar-refractivity contribution < 1.29 is 8.96 Å². The van der Waals surface area contributed by atoms with E-state index in [1.165, 1.54) is 17.5 Å². The van der Waals surface area contributed by atoms with Crippen LogP contribution in [0, 0.1) is 10.8 Å². The molecule has 4 rings (SSSR count). The minimum atomic E-state index is -0.309. The van der Waals surface area contributed by atoms with Gasteiger partial charge in [-0.25, -0.2) is 0 Å². The summed E-state index contributed by atoms with van der Waals surface area (Å²) < 4.78 is 1.12. The zero-order chi connectivity index (χ0) is 24.1. The van der Waals surface area contributed by atoms with Crippen molar-refractivity contribution in [2.45, 2.75) is 49.2 Å². The monoisotopic (exact) mass is 513 g/mol. The number of aldehydes is 1. The first kappa shape index (κ1) is 24.8. The van der Waals surface area contributed by atoms with E-state index in [1.54, 1.807) is 12.1 Å². The molecular weight excluding hydrogens is 487 g/mol. The molecule has 4 nitrogen and oxygen atoms in total. The van der Waals surface area contributed by atoms with E-state index >= 15 is 0 Å². The smallest absolute Gasteiger partial charge is 0.250 e. The van der Waals surface area contributed by atoms with Gasteiger partial charge in [0.1, 0.15) is 6.29 Å². The van der Waals surface area contributed by atoms with Gasteiger partial charge in [-0.2, -0.15) is 0 Å². The molecular formula is C27H27Cl2N2O2S+. The number of rotatable bonds is 10. The van der Waals surface area contributed by atoms with E-state index in [1.807, 2.05) is 54.6 Å². The fourth-order valence-electron chi connectivity index (χ4n) is 4.70. The van der Waals surface area contributed by atoms with Crippen LogP contribution in [-0.4, -0.2) is 22.5 Å². The van der Waals surface area contributed by atoms with Gasteiger partial charge in [-0.3, -0.25) is 0 Å². The van der Waals surface area contributed by atoms with Gasteiger partial charge in [-0.05, 0) is 66.9 Å². The maximum atomic E-state index is 13.6. The molecule has 3 aromatic rings. The second-order valence-corrected chi connectivity index (χ2v) is 10.5. The molecule has 0 N–H and O–H groups in total. The van der Waals surface area contributed by atoms with Crippen molar-refractivity contribution in [3.05, 3.63) is 99.4 Å². The molecule has 0 spiro atoms. The summed E-state index contributed by atoms with van der Waals surface area (Å²) in [5.41, 5.74) is 2.25. The Bertz CT molecular complexity index is 1110. The summed E-state index contributed by atoms with van der Waals surface area (Å²) in [6, 6.07) is 25.3. The Morgan fingerprint density at radius 1 is 1.00 bits per heavy atom. The second-order valence-electron chi connectivity index (χ2n) is 8.66. The van der Waals surface area contributed by atoms with Gasteiger partial charge in [-0.1, -0.05) is 60.5 Å². The van der Waals surface area contributed by atoms with E-state index in [4.69, 9.17) is 23.2 Å². The van der Waals surface area contributed by atoms with Crippen LogP contribution < -0.4 is 4.90 Å². The number of benzene rings is 3. The fourth-order valence-corrected chi connectivity index (χ4v) is 5.89. The average molecular weight is 514 g/mol. The number of anilines is 1. The SMILES string of the molecule is CC(CCC=O)C(C1CC(c2ccccc2)N1c1ccc(Cl)cc1)[N+](=O)Sc1ccc(Cl)cc1. The first-order chi connectivity index (χ1) is 16.5. The Morgan fingerprint density at radius 2 is 1.62 bits per heavy atom. The molecule has 0 saturated carbocycles. The van der Waals surface area contributed by atoms with Crippen LogP contribution in [0.4, 0.5) is 5.69 Å². The van der Waals surface area contributed by atoms with Crippen molar-refractivity contribution in [1.29, 1.82) is 0 Å². The van der Waals surface area contributed by atoms with Crippen LogP contribution in [0.25, 0.3) is 0 Å². The maximum Gasteiger partial charge on any atom is 0.250 e. The highest BCUT2D eigenvalue weighted by atomic mass is 35.5. The van der Waals surface area contributed by atoms with Gasteiger partial charge in [0.15, 0.2) is 0 Å². The van der Waals surface area contributed by atoms with Crippen LogP contribution in [0.15, 0.2) is 83.8 Å². The molecule has 1 aliphatic rings. The summed E-state index contributed by atoms with van der Waals surface area (Å²) in [5, 5.41) is 1.31. The van der Waals surface area contributed by atoms with E-state index in [0.29, 0.717) is 22.9 Å². The van der Waals surface area contributed by atoms with Crippen molar-refractivity contribution >= 4 is 47.1 Å². The Hall–Kier alpha value is -2.34. The van der Waals surface area contributed by atoms with Gasteiger partial charge in [0, 0.05) is 33.0 Å². The zero-order valence-corrected chi connectivity index (χ0v) is 21.2. The number of hydrogen-bond donors (Lipinski definition) is 0. The Labute approximate surface area is 215 Å². The third-order valence-electron chi connectivity index (χ3n) is 6.44. The minimum Gasteiger partial charge on any atom is -0.354 e. The predicted octanol–water partition coefficient (Wildman–Crippen LogP) is 7.78. The average Bonchev–Trinajstić information content (AvgIpc) is 2.83. The molecule has 0 aromatic heterocycles. The quantitative estimate of drug-likeness (QED) is 0.157. The molecule has 1 heterocycles. The van der Waals surface area contributed by atoms with Crippen molar-refractivity contribution in [3.63, 3.8) is 0 Å². The number of carbonyl (C=O) groups excluding carboxylic acids is 1. The third-order valence-corrected chi connectivity index (χ3v) is 7.85. The van der Waals surface area contributed by atoms with E-state index in [2.05, 4.69) is 24.0 Å². The number of carbonyl (C=O) groups is 1. The molecule has 4 unspecified atom stereocenters. The molecule has 3 aromatic carbocycles. The topological polar surface area (TPSA) is 40.4 Å². The van der Waals surface area contributed by atoms with Crippen molar-refractivity contribution in [3.8, 4) is 0 Å². The lowest BCUT2D eigenvalue weighted by Crippen LogP contribution is -2.60. The lowest BCUT2D eigenvalue weighted by molar-refractivity contribution is -0.441. The van der Waals surface area contributed by atoms with Crippen LogP contribution in [0.5, 0.6) is 0 Å². The summed E-state index contributed by atoms with van der Waals surface area (Å²) in [5.74, 6) is 0.0269. The van der Waals surface area contributed by atoms with Gasteiger partial charge in [-0.15, -0.1) is 0 Å². The standard InChI is InChI=1S/C27H27Cl2N2O2S/c1-19(6-5-17-32)27(31(33)34-24-15-11-22(29)12-16-24)26-18-25(20-7-3-2-4-8-20)30(26)23-13-9-21(28)10-14-23/h2-4,7-17,19,25-27H,5-6,18H2,1H3/q+1. The van der Waals surface area contributed by atoms with E-state index < -0.39 is 0 Å². The predicted molar refractivity (Wildman–Crippen MR) is 141 cm³/mol. The molecule has 1 saturated heterocycles. The third kappa shape index (κ3) is 5.65. The highest BCUT2D eigenvalue weighted by molar-refractivity contribution is 7.93. The fraction of sp³-hybridized carbons (Fsp3) is 0.296. The van der Waals surface area contributed by atoms with E-state index in [0.717, 1.165) is 27.5 Å². The normalized spacial score (nSPS) is 19.2. The van der Waals surface area contributed by atoms with Crippen molar-refractivity contribution in [2.75, 3.05) is 4.90 Å². The molecule has 0 aliphatic carbocycles. The lowest BCUT2D eigenvalue weighted by Gasteiger charge is -2.51. The molecule has 4 atom stereocenters. The summed E-state index contributed by atoms with van der Waals surface area (Å²) in [4.78, 5) is 27.9. The van der Waals surface area contributed by atoms with Gasteiger partial charge >= 0.3 is 0 Å². The molecule has 1 fully saturated rings. The van der Waals surface area contributed by atoms with Crippen LogP contribution in [0.1, 0.15) is 37.8 Å². The van der Waals surface area contributed by atoms with Gasteiger partial charge < -0.3 is 9.69 Å². The Morgan fingerprint density at radius 3 is 2.24 bits per heavy atom. The highest BCUT2D eigenvalue weighted by Crippen LogP contribution is 2.47. The molecule has 1 aliphatic heterocycles. The van der Waals surface area contributed by atoms with Crippen LogP contribution in [0.3, 0.4) is 0 Å². The van der Waals surface area contributed by atoms with E-state index in [-0.39, 0.29) is 24.0 Å². The second kappa shape index (κ2) is 11.4. The zero-order valence-electron chi connectivity index (χ0n) is 18.9. The van der Waals surface area contributed by atoms with Crippen LogP contribution in [-0.2, 0) is 4.79 Å². The number of halogens is 2. The first-order valence-corrected chi connectivity index (χ1v) is 12.9. The molecule has 0 bridgehead atoms. The van der Waals surface area contributed by atoms with Crippen molar-refractivity contribution in [2.24, 2.45) is 5.92 Å². The first-order valence-electron chi connectivity index (χ1n) is 11.4. The number of nitroso groups, excluding NO2 is 1. The molecule has 176 valence electrons. The summed E-state index contributed by atoms with van der Waals surface area (Å²) in [7, 11) is 0. The van der Waals surface area contributed by atoms with Gasteiger partial charge in [0.05, 0.1) is 21.1 Å². The molecule has 0 amide bonds. The van der Waals surface area contributed by atoms with Crippen LogP contribution in [0.2, 0.25) is 10.0 Å². The lowest BCUT2D eigenvalue weighted by atomic mass is 9.78. The number of hydrogen-bond acceptors (Lipinski definition) is 4. The van der Waals surface area contributed by atoms with E-state index in [9.17, 15) is 9.70 Å². The van der Waals surface area contributed by atoms with Gasteiger partial charge in [0.25, 0.3) is 11.9 Å². The van der Waals surface area contributed by atoms with Gasteiger partial charge in [0.2, 0.25) is 6.04 Å². The number of nitrogens with zero attached hydrogens (tertiary/aromatic N) is 2. The molecule has 34 heavy (non-hydrogen) atoms.